The van der Waals surface area contributed by atoms with Gasteiger partial charge >= 0.3 is 0 Å². The van der Waals surface area contributed by atoms with Gasteiger partial charge in [-0.1, -0.05) is 24.3 Å². The third kappa shape index (κ3) is 10.0. The van der Waals surface area contributed by atoms with Gasteiger partial charge in [0.05, 0.1) is 18.6 Å². The van der Waals surface area contributed by atoms with Crippen LogP contribution in [0.3, 0.4) is 0 Å². The van der Waals surface area contributed by atoms with Crippen LogP contribution in [0, 0.1) is 15.2 Å². The Labute approximate surface area is 252 Å². The molecule has 0 aliphatic carbocycles. The van der Waals surface area contributed by atoms with E-state index in [4.69, 9.17) is 4.74 Å². The smallest absolute Gasteiger partial charge is 0.260 e. The lowest BCUT2D eigenvalue weighted by molar-refractivity contribution is -0.132. The number of hydrogen-bond donors (Lipinski definition) is 3. The SMILES string of the molecule is O=C(Cc1ccc(OCC(=O)N2CCCC2)cc1)N[C@@H](Cc1cc(F)cc(F)c1)[C@H](O)CNCc1cccc(I)c1. The lowest BCUT2D eigenvalue weighted by Crippen LogP contribution is -2.49. The van der Waals surface area contributed by atoms with Crippen molar-refractivity contribution in [1.29, 1.82) is 0 Å². The second-order valence-corrected chi connectivity index (χ2v) is 11.4. The van der Waals surface area contributed by atoms with Gasteiger partial charge in [0.25, 0.3) is 5.91 Å². The fraction of sp³-hybridized carbons (Fsp3) is 0.355. The lowest BCUT2D eigenvalue weighted by Gasteiger charge is -2.25. The summed E-state index contributed by atoms with van der Waals surface area (Å²) >= 11 is 2.23. The summed E-state index contributed by atoms with van der Waals surface area (Å²) < 4.78 is 34.4. The van der Waals surface area contributed by atoms with E-state index in [2.05, 4.69) is 33.2 Å². The Hall–Kier alpha value is -3.09. The molecule has 1 aliphatic rings. The Kier molecular flexibility index (Phi) is 11.5. The van der Waals surface area contributed by atoms with E-state index in [9.17, 15) is 23.5 Å². The molecule has 2 amide bonds. The summed E-state index contributed by atoms with van der Waals surface area (Å²) in [5.74, 6) is -1.30. The monoisotopic (exact) mass is 677 g/mol. The van der Waals surface area contributed by atoms with Crippen LogP contribution in [0.1, 0.15) is 29.5 Å². The highest BCUT2D eigenvalue weighted by atomic mass is 127. The maximum atomic E-state index is 13.8. The predicted molar refractivity (Wildman–Crippen MR) is 160 cm³/mol. The van der Waals surface area contributed by atoms with Gasteiger partial charge in [-0.25, -0.2) is 8.78 Å². The summed E-state index contributed by atoms with van der Waals surface area (Å²) in [7, 11) is 0. The number of nitrogens with one attached hydrogen (secondary N) is 2. The first kappa shape index (κ1) is 30.9. The molecule has 10 heteroatoms. The number of aliphatic hydroxyl groups excluding tert-OH is 1. The molecule has 0 bridgehead atoms. The van der Waals surface area contributed by atoms with Crippen molar-refractivity contribution in [3.63, 3.8) is 0 Å². The highest BCUT2D eigenvalue weighted by Gasteiger charge is 2.23. The molecule has 2 atom stereocenters. The van der Waals surface area contributed by atoms with E-state index in [1.54, 1.807) is 29.2 Å². The summed E-state index contributed by atoms with van der Waals surface area (Å²) in [5, 5.41) is 17.0. The number of carbonyl (C=O) groups excluding carboxylic acids is 2. The van der Waals surface area contributed by atoms with Crippen molar-refractivity contribution in [2.45, 2.75) is 44.4 Å². The van der Waals surface area contributed by atoms with Gasteiger partial charge < -0.3 is 25.4 Å². The van der Waals surface area contributed by atoms with Crippen LogP contribution >= 0.6 is 22.6 Å². The number of likely N-dealkylation sites (tertiary alicyclic amines) is 1. The van der Waals surface area contributed by atoms with Crippen LogP contribution in [0.5, 0.6) is 5.75 Å². The Morgan fingerprint density at radius 1 is 0.951 bits per heavy atom. The van der Waals surface area contributed by atoms with Gasteiger partial charge in [0.2, 0.25) is 5.91 Å². The average Bonchev–Trinajstić information content (AvgIpc) is 3.47. The van der Waals surface area contributed by atoms with Crippen LogP contribution in [0.25, 0.3) is 0 Å². The number of nitrogens with zero attached hydrogens (tertiary/aromatic N) is 1. The number of amides is 2. The van der Waals surface area contributed by atoms with Crippen molar-refractivity contribution >= 4 is 34.4 Å². The topological polar surface area (TPSA) is 90.9 Å². The first-order chi connectivity index (χ1) is 19.7. The fourth-order valence-electron chi connectivity index (χ4n) is 4.77. The van der Waals surface area contributed by atoms with Crippen LogP contribution < -0.4 is 15.4 Å². The molecule has 0 spiro atoms. The third-order valence-corrected chi connectivity index (χ3v) is 7.54. The van der Waals surface area contributed by atoms with Crippen molar-refractivity contribution < 1.29 is 28.2 Å². The molecule has 1 saturated heterocycles. The number of hydrogen-bond acceptors (Lipinski definition) is 5. The maximum absolute atomic E-state index is 13.8. The standard InChI is InChI=1S/C31H34F2IN3O4/c32-24-12-23(13-25(33)17-24)15-28(29(38)19-35-18-22-4-3-5-26(34)14-22)36-30(39)16-21-6-8-27(9-7-21)41-20-31(40)37-10-1-2-11-37/h3-9,12-14,17,28-29,35,38H,1-2,10-11,15-16,18-20H2,(H,36,39)/t28-,29+/m0/s1. The number of carbonyl (C=O) groups is 2. The molecule has 3 aromatic rings. The van der Waals surface area contributed by atoms with E-state index in [0.29, 0.717) is 23.4 Å². The Morgan fingerprint density at radius 3 is 2.34 bits per heavy atom. The zero-order valence-electron chi connectivity index (χ0n) is 22.6. The minimum absolute atomic E-state index is 0.0301. The van der Waals surface area contributed by atoms with Crippen LogP contribution in [0.15, 0.2) is 66.7 Å². The van der Waals surface area contributed by atoms with Gasteiger partial charge in [-0.3, -0.25) is 9.59 Å². The zero-order chi connectivity index (χ0) is 29.2. The Morgan fingerprint density at radius 2 is 1.66 bits per heavy atom. The van der Waals surface area contributed by atoms with Crippen molar-refractivity contribution in [2.24, 2.45) is 0 Å². The molecule has 7 nitrogen and oxygen atoms in total. The van der Waals surface area contributed by atoms with E-state index in [1.165, 1.54) is 12.1 Å². The second-order valence-electron chi connectivity index (χ2n) is 10.2. The minimum Gasteiger partial charge on any atom is -0.484 e. The molecule has 3 N–H and O–H groups in total. The molecular weight excluding hydrogens is 643 g/mol. The van der Waals surface area contributed by atoms with Crippen molar-refractivity contribution in [1.82, 2.24) is 15.5 Å². The number of rotatable bonds is 13. The number of aliphatic hydroxyl groups is 1. The molecule has 41 heavy (non-hydrogen) atoms. The molecular formula is C31H34F2IN3O4. The van der Waals surface area contributed by atoms with Gasteiger partial charge in [-0.05, 0) is 94.9 Å². The molecule has 0 saturated carbocycles. The molecule has 0 radical (unpaired) electrons. The molecule has 218 valence electrons. The van der Waals surface area contributed by atoms with Crippen LogP contribution in [-0.4, -0.2) is 60.2 Å². The normalized spacial score (nSPS) is 14.5. The van der Waals surface area contributed by atoms with Crippen molar-refractivity contribution in [2.75, 3.05) is 26.2 Å². The first-order valence-electron chi connectivity index (χ1n) is 13.6. The van der Waals surface area contributed by atoms with Crippen LogP contribution in [0.4, 0.5) is 8.78 Å². The number of ether oxygens (including phenoxy) is 1. The van der Waals surface area contributed by atoms with Crippen molar-refractivity contribution in [3.05, 3.63) is 98.6 Å². The van der Waals surface area contributed by atoms with Crippen LogP contribution in [0.2, 0.25) is 0 Å². The number of benzene rings is 3. The van der Waals surface area contributed by atoms with E-state index >= 15 is 0 Å². The fourth-order valence-corrected chi connectivity index (χ4v) is 5.38. The minimum atomic E-state index is -1.02. The second kappa shape index (κ2) is 15.2. The highest BCUT2D eigenvalue weighted by Crippen LogP contribution is 2.16. The summed E-state index contributed by atoms with van der Waals surface area (Å²) in [4.78, 5) is 26.9. The van der Waals surface area contributed by atoms with E-state index in [1.807, 2.05) is 24.3 Å². The van der Waals surface area contributed by atoms with Gasteiger partial charge in [0, 0.05) is 35.8 Å². The molecule has 4 rings (SSSR count). The first-order valence-corrected chi connectivity index (χ1v) is 14.7. The Bertz CT molecular complexity index is 1300. The van der Waals surface area contributed by atoms with E-state index < -0.39 is 23.8 Å². The maximum Gasteiger partial charge on any atom is 0.260 e. The summed E-state index contributed by atoms with van der Waals surface area (Å²) in [5.41, 5.74) is 2.08. The molecule has 0 aromatic heterocycles. The molecule has 3 aromatic carbocycles. The third-order valence-electron chi connectivity index (χ3n) is 6.87. The average molecular weight is 678 g/mol. The highest BCUT2D eigenvalue weighted by molar-refractivity contribution is 14.1. The molecule has 0 unspecified atom stereocenters. The zero-order valence-corrected chi connectivity index (χ0v) is 24.8. The van der Waals surface area contributed by atoms with E-state index in [0.717, 1.165) is 41.1 Å². The summed E-state index contributed by atoms with van der Waals surface area (Å²) in [6.45, 7) is 2.18. The molecule has 1 aliphatic heterocycles. The van der Waals surface area contributed by atoms with Crippen LogP contribution in [-0.2, 0) is 29.0 Å². The number of halogens is 3. The largest absolute Gasteiger partial charge is 0.484 e. The molecule has 1 fully saturated rings. The Balaban J connectivity index is 1.33. The summed E-state index contributed by atoms with van der Waals surface area (Å²) in [6.07, 6.45) is 1.09. The van der Waals surface area contributed by atoms with E-state index in [-0.39, 0.29) is 37.8 Å². The molecule has 1 heterocycles. The quantitative estimate of drug-likeness (QED) is 0.238. The predicted octanol–water partition coefficient (Wildman–Crippen LogP) is 3.99. The van der Waals surface area contributed by atoms with Gasteiger partial charge in [0.1, 0.15) is 17.4 Å². The summed E-state index contributed by atoms with van der Waals surface area (Å²) in [6, 6.07) is 17.2. The van der Waals surface area contributed by atoms with Gasteiger partial charge in [-0.2, -0.15) is 0 Å². The van der Waals surface area contributed by atoms with Gasteiger partial charge in [-0.15, -0.1) is 0 Å². The van der Waals surface area contributed by atoms with Crippen molar-refractivity contribution in [3.8, 4) is 5.75 Å². The lowest BCUT2D eigenvalue weighted by atomic mass is 10.00. The van der Waals surface area contributed by atoms with Gasteiger partial charge in [0.15, 0.2) is 6.61 Å².